The van der Waals surface area contributed by atoms with Crippen LogP contribution in [0.15, 0.2) is 24.3 Å². The van der Waals surface area contributed by atoms with Gasteiger partial charge in [0.05, 0.1) is 6.61 Å². The fraction of sp³-hybridized carbons (Fsp3) is 0.500. The number of aryl methyl sites for hydroxylation is 1. The van der Waals surface area contributed by atoms with Gasteiger partial charge >= 0.3 is 0 Å². The first-order valence-corrected chi connectivity index (χ1v) is 4.95. The first kappa shape index (κ1) is 11.2. The Balaban J connectivity index is 2.73. The average Bonchev–Trinajstić information content (AvgIpc) is 2.21. The molecule has 1 atom stereocenters. The lowest BCUT2D eigenvalue weighted by Gasteiger charge is -2.16. The Morgan fingerprint density at radius 1 is 1.36 bits per heavy atom. The molecular weight excluding hydrogens is 176 g/mol. The van der Waals surface area contributed by atoms with Gasteiger partial charge in [0.15, 0.2) is 0 Å². The molecule has 14 heavy (non-hydrogen) atoms. The Labute approximate surface area is 85.5 Å². The highest BCUT2D eigenvalue weighted by Gasteiger charge is 2.11. The number of hydrogen-bond donors (Lipinski definition) is 1. The van der Waals surface area contributed by atoms with Crippen molar-refractivity contribution < 1.29 is 9.84 Å². The molecule has 0 fully saturated rings. The molecule has 2 nitrogen and oxygen atoms in total. The van der Waals surface area contributed by atoms with Crippen LogP contribution in [0.3, 0.4) is 0 Å². The van der Waals surface area contributed by atoms with Crippen LogP contribution in [0, 0.1) is 6.92 Å². The second-order valence-electron chi connectivity index (χ2n) is 3.52. The van der Waals surface area contributed by atoms with Crippen LogP contribution in [-0.4, -0.2) is 25.4 Å². The fourth-order valence-electron chi connectivity index (χ4n) is 1.65. The van der Waals surface area contributed by atoms with Crippen LogP contribution in [0.1, 0.15) is 23.5 Å². The molecule has 0 saturated carbocycles. The number of aliphatic hydroxyl groups excluding tert-OH is 1. The minimum atomic E-state index is 0.189. The SMILES string of the molecule is COCCC(CO)c1ccccc1C. The van der Waals surface area contributed by atoms with Crippen LogP contribution >= 0.6 is 0 Å². The third-order valence-corrected chi connectivity index (χ3v) is 2.52. The molecule has 0 aliphatic heterocycles. The topological polar surface area (TPSA) is 29.5 Å². The number of aliphatic hydroxyl groups is 1. The molecule has 0 bridgehead atoms. The number of ether oxygens (including phenoxy) is 1. The fourth-order valence-corrected chi connectivity index (χ4v) is 1.65. The Kier molecular flexibility index (Phi) is 4.63. The Bertz CT molecular complexity index is 271. The first-order chi connectivity index (χ1) is 6.79. The van der Waals surface area contributed by atoms with Gasteiger partial charge in [-0.25, -0.2) is 0 Å². The molecule has 0 radical (unpaired) electrons. The normalized spacial score (nSPS) is 12.8. The van der Waals surface area contributed by atoms with Gasteiger partial charge in [-0.2, -0.15) is 0 Å². The van der Waals surface area contributed by atoms with E-state index in [9.17, 15) is 5.11 Å². The molecule has 0 saturated heterocycles. The summed E-state index contributed by atoms with van der Waals surface area (Å²) in [5.74, 6) is 0.205. The Morgan fingerprint density at radius 3 is 2.64 bits per heavy atom. The number of rotatable bonds is 5. The van der Waals surface area contributed by atoms with Gasteiger partial charge in [0.1, 0.15) is 0 Å². The molecule has 2 heteroatoms. The van der Waals surface area contributed by atoms with E-state index in [2.05, 4.69) is 19.1 Å². The van der Waals surface area contributed by atoms with Gasteiger partial charge in [0.25, 0.3) is 0 Å². The lowest BCUT2D eigenvalue weighted by molar-refractivity contribution is 0.169. The van der Waals surface area contributed by atoms with Crippen molar-refractivity contribution in [1.29, 1.82) is 0 Å². The van der Waals surface area contributed by atoms with E-state index in [1.54, 1.807) is 7.11 Å². The lowest BCUT2D eigenvalue weighted by Crippen LogP contribution is -2.08. The minimum absolute atomic E-state index is 0.189. The largest absolute Gasteiger partial charge is 0.396 e. The lowest BCUT2D eigenvalue weighted by atomic mass is 9.93. The molecule has 1 aromatic carbocycles. The summed E-state index contributed by atoms with van der Waals surface area (Å²) in [6, 6.07) is 8.18. The zero-order valence-electron chi connectivity index (χ0n) is 8.86. The molecule has 78 valence electrons. The molecule has 0 aromatic heterocycles. The van der Waals surface area contributed by atoms with E-state index in [1.165, 1.54) is 11.1 Å². The van der Waals surface area contributed by atoms with Gasteiger partial charge in [0.2, 0.25) is 0 Å². The summed E-state index contributed by atoms with van der Waals surface area (Å²) in [5.41, 5.74) is 2.47. The zero-order chi connectivity index (χ0) is 10.4. The molecule has 1 rings (SSSR count). The van der Waals surface area contributed by atoms with Gasteiger partial charge in [-0.1, -0.05) is 24.3 Å². The van der Waals surface area contributed by atoms with Crippen LogP contribution in [0.5, 0.6) is 0 Å². The molecule has 0 spiro atoms. The van der Waals surface area contributed by atoms with Gasteiger partial charge in [-0.05, 0) is 24.5 Å². The van der Waals surface area contributed by atoms with E-state index in [1.807, 2.05) is 12.1 Å². The quantitative estimate of drug-likeness (QED) is 0.778. The third-order valence-electron chi connectivity index (χ3n) is 2.52. The highest BCUT2D eigenvalue weighted by Crippen LogP contribution is 2.22. The maximum Gasteiger partial charge on any atom is 0.0500 e. The van der Waals surface area contributed by atoms with Crippen molar-refractivity contribution in [2.75, 3.05) is 20.3 Å². The summed E-state index contributed by atoms with van der Waals surface area (Å²) < 4.78 is 5.02. The van der Waals surface area contributed by atoms with Crippen LogP contribution in [0.2, 0.25) is 0 Å². The van der Waals surface area contributed by atoms with Crippen LogP contribution in [0.25, 0.3) is 0 Å². The Hall–Kier alpha value is -0.860. The summed E-state index contributed by atoms with van der Waals surface area (Å²) in [6.45, 7) is 2.96. The van der Waals surface area contributed by atoms with Crippen molar-refractivity contribution in [2.45, 2.75) is 19.3 Å². The predicted molar refractivity (Wildman–Crippen MR) is 57.5 cm³/mol. The van der Waals surface area contributed by atoms with Gasteiger partial charge in [-0.3, -0.25) is 0 Å². The molecule has 0 amide bonds. The van der Waals surface area contributed by atoms with E-state index < -0.39 is 0 Å². The highest BCUT2D eigenvalue weighted by molar-refractivity contribution is 5.29. The van der Waals surface area contributed by atoms with Crippen molar-refractivity contribution >= 4 is 0 Å². The van der Waals surface area contributed by atoms with Crippen molar-refractivity contribution in [3.05, 3.63) is 35.4 Å². The van der Waals surface area contributed by atoms with E-state index >= 15 is 0 Å². The molecule has 0 aliphatic rings. The van der Waals surface area contributed by atoms with E-state index in [0.717, 1.165) is 6.42 Å². The second kappa shape index (κ2) is 5.78. The van der Waals surface area contributed by atoms with Gasteiger partial charge in [-0.15, -0.1) is 0 Å². The standard InChI is InChI=1S/C12H18O2/c1-10-5-3-4-6-12(10)11(9-13)7-8-14-2/h3-6,11,13H,7-9H2,1-2H3. The van der Waals surface area contributed by atoms with Gasteiger partial charge < -0.3 is 9.84 Å². The predicted octanol–water partition coefficient (Wildman–Crippen LogP) is 2.11. The number of methoxy groups -OCH3 is 1. The monoisotopic (exact) mass is 194 g/mol. The van der Waals surface area contributed by atoms with Crippen molar-refractivity contribution in [3.63, 3.8) is 0 Å². The second-order valence-corrected chi connectivity index (χ2v) is 3.52. The molecule has 1 aromatic rings. The van der Waals surface area contributed by atoms with Crippen LogP contribution in [0.4, 0.5) is 0 Å². The van der Waals surface area contributed by atoms with Crippen molar-refractivity contribution in [2.24, 2.45) is 0 Å². The minimum Gasteiger partial charge on any atom is -0.396 e. The summed E-state index contributed by atoms with van der Waals surface area (Å²) in [5, 5.41) is 9.27. The summed E-state index contributed by atoms with van der Waals surface area (Å²) >= 11 is 0. The van der Waals surface area contributed by atoms with Crippen LogP contribution < -0.4 is 0 Å². The smallest absolute Gasteiger partial charge is 0.0500 e. The van der Waals surface area contributed by atoms with Crippen molar-refractivity contribution in [3.8, 4) is 0 Å². The Morgan fingerprint density at radius 2 is 2.07 bits per heavy atom. The molecule has 1 N–H and O–H groups in total. The average molecular weight is 194 g/mol. The summed E-state index contributed by atoms with van der Waals surface area (Å²) in [4.78, 5) is 0. The maximum atomic E-state index is 9.27. The first-order valence-electron chi connectivity index (χ1n) is 4.95. The molecule has 0 aliphatic carbocycles. The zero-order valence-corrected chi connectivity index (χ0v) is 8.86. The molecular formula is C12H18O2. The van der Waals surface area contributed by atoms with E-state index in [0.29, 0.717) is 6.61 Å². The third kappa shape index (κ3) is 2.82. The molecule has 0 heterocycles. The van der Waals surface area contributed by atoms with E-state index in [-0.39, 0.29) is 12.5 Å². The van der Waals surface area contributed by atoms with Crippen molar-refractivity contribution in [1.82, 2.24) is 0 Å². The van der Waals surface area contributed by atoms with E-state index in [4.69, 9.17) is 4.74 Å². The highest BCUT2D eigenvalue weighted by atomic mass is 16.5. The van der Waals surface area contributed by atoms with Gasteiger partial charge in [0, 0.05) is 19.6 Å². The number of benzene rings is 1. The molecule has 1 unspecified atom stereocenters. The summed E-state index contributed by atoms with van der Waals surface area (Å²) in [6.07, 6.45) is 0.873. The maximum absolute atomic E-state index is 9.27. The number of hydrogen-bond acceptors (Lipinski definition) is 2. The van der Waals surface area contributed by atoms with Crippen LogP contribution in [-0.2, 0) is 4.74 Å². The summed E-state index contributed by atoms with van der Waals surface area (Å²) in [7, 11) is 1.69.